The Morgan fingerprint density at radius 1 is 1.28 bits per heavy atom. The fraction of sp³-hybridized carbons (Fsp3) is 0.429. The monoisotopic (exact) mass is 336 g/mol. The van der Waals surface area contributed by atoms with Crippen LogP contribution in [0.5, 0.6) is 5.75 Å². The number of fused-ring (bicyclic) bond motifs is 1. The maximum atomic E-state index is 13.1. The van der Waals surface area contributed by atoms with Crippen LogP contribution in [0.4, 0.5) is 0 Å². The molecule has 4 nitrogen and oxygen atoms in total. The van der Waals surface area contributed by atoms with Gasteiger partial charge >= 0.3 is 0 Å². The Labute approximate surface area is 148 Å². The molecule has 0 spiro atoms. The molecule has 1 aromatic carbocycles. The van der Waals surface area contributed by atoms with Crippen LogP contribution >= 0.6 is 0 Å². The number of Topliss-reactive ketones (excluding diaryl/α,β-unsaturated/α-hetero) is 1. The quantitative estimate of drug-likeness (QED) is 0.898. The van der Waals surface area contributed by atoms with Gasteiger partial charge in [0.25, 0.3) is 0 Å². The minimum atomic E-state index is -0.0452. The number of ketones is 1. The van der Waals surface area contributed by atoms with Crippen LogP contribution in [-0.2, 0) is 11.2 Å². The molecule has 0 unspecified atom stereocenters. The summed E-state index contributed by atoms with van der Waals surface area (Å²) in [5.74, 6) is 1.05. The average Bonchev–Trinajstić information content (AvgIpc) is 2.92. The van der Waals surface area contributed by atoms with E-state index < -0.39 is 0 Å². The molecule has 25 heavy (non-hydrogen) atoms. The number of ether oxygens (including phenoxy) is 1. The molecule has 0 amide bonds. The molecule has 0 aliphatic heterocycles. The Morgan fingerprint density at radius 2 is 2.08 bits per heavy atom. The third kappa shape index (κ3) is 2.60. The summed E-state index contributed by atoms with van der Waals surface area (Å²) in [6.45, 7) is 6.41. The molecule has 0 radical (unpaired) electrons. The molecule has 0 saturated heterocycles. The van der Waals surface area contributed by atoms with Crippen molar-refractivity contribution in [1.82, 2.24) is 10.2 Å². The maximum Gasteiger partial charge on any atom is 0.160 e. The molecule has 1 N–H and O–H groups in total. The van der Waals surface area contributed by atoms with Crippen molar-refractivity contribution in [2.75, 3.05) is 7.11 Å². The van der Waals surface area contributed by atoms with Crippen molar-refractivity contribution in [2.24, 2.45) is 5.41 Å². The Balaban J connectivity index is 1.93. The number of hydrogen-bond donors (Lipinski definition) is 1. The first-order valence-electron chi connectivity index (χ1n) is 8.82. The molecule has 2 aliphatic rings. The SMILES string of the molecule is COc1cccc([C@H]2C3=C(Cc4n[nH]c(C)c42)CC(C)(C)CC3=O)c1. The lowest BCUT2D eigenvalue weighted by Gasteiger charge is -2.38. The lowest BCUT2D eigenvalue weighted by atomic mass is 9.65. The van der Waals surface area contributed by atoms with E-state index in [2.05, 4.69) is 30.1 Å². The predicted molar refractivity (Wildman–Crippen MR) is 96.9 cm³/mol. The van der Waals surface area contributed by atoms with Gasteiger partial charge in [0, 0.05) is 35.6 Å². The topological polar surface area (TPSA) is 55.0 Å². The van der Waals surface area contributed by atoms with Gasteiger partial charge in [-0.1, -0.05) is 31.6 Å². The molecule has 1 atom stereocenters. The third-order valence-corrected chi connectivity index (χ3v) is 5.47. The zero-order chi connectivity index (χ0) is 17.8. The number of benzene rings is 1. The minimum Gasteiger partial charge on any atom is -0.497 e. The predicted octanol–water partition coefficient (Wildman–Crippen LogP) is 4.10. The van der Waals surface area contributed by atoms with Crippen molar-refractivity contribution in [3.8, 4) is 5.75 Å². The zero-order valence-electron chi connectivity index (χ0n) is 15.3. The first-order valence-corrected chi connectivity index (χ1v) is 8.82. The molecule has 0 saturated carbocycles. The van der Waals surface area contributed by atoms with Gasteiger partial charge in [0.05, 0.1) is 12.8 Å². The number of methoxy groups -OCH3 is 1. The fourth-order valence-corrected chi connectivity index (χ4v) is 4.49. The minimum absolute atomic E-state index is 0.0255. The van der Waals surface area contributed by atoms with Crippen LogP contribution in [0.25, 0.3) is 0 Å². The lowest BCUT2D eigenvalue weighted by molar-refractivity contribution is -0.118. The van der Waals surface area contributed by atoms with Crippen LogP contribution in [0.3, 0.4) is 0 Å². The Morgan fingerprint density at radius 3 is 2.84 bits per heavy atom. The van der Waals surface area contributed by atoms with Gasteiger partial charge in [-0.25, -0.2) is 0 Å². The van der Waals surface area contributed by atoms with E-state index in [4.69, 9.17) is 4.74 Å². The highest BCUT2D eigenvalue weighted by molar-refractivity contribution is 6.00. The van der Waals surface area contributed by atoms with E-state index >= 15 is 0 Å². The standard InChI is InChI=1S/C21H24N2O2/c1-12-18-16(23-22-12)9-14-10-21(2,3)11-17(24)19(14)20(18)13-6-5-7-15(8-13)25-4/h5-8,20H,9-11H2,1-4H3,(H,22,23)/t20-/m1/s1. The van der Waals surface area contributed by atoms with Crippen LogP contribution < -0.4 is 4.74 Å². The van der Waals surface area contributed by atoms with Crippen molar-refractivity contribution in [3.05, 3.63) is 57.9 Å². The summed E-state index contributed by atoms with van der Waals surface area (Å²) in [5.41, 5.74) is 6.67. The molecule has 4 rings (SSSR count). The molecular weight excluding hydrogens is 312 g/mol. The smallest absolute Gasteiger partial charge is 0.160 e. The molecule has 4 heteroatoms. The summed E-state index contributed by atoms with van der Waals surface area (Å²) in [6, 6.07) is 8.07. The van der Waals surface area contributed by atoms with Crippen LogP contribution in [-0.4, -0.2) is 23.1 Å². The zero-order valence-corrected chi connectivity index (χ0v) is 15.3. The van der Waals surface area contributed by atoms with E-state index in [-0.39, 0.29) is 17.1 Å². The van der Waals surface area contributed by atoms with Crippen LogP contribution in [0.2, 0.25) is 0 Å². The summed E-state index contributed by atoms with van der Waals surface area (Å²) >= 11 is 0. The number of nitrogens with one attached hydrogen (secondary N) is 1. The molecule has 130 valence electrons. The number of rotatable bonds is 2. The molecule has 1 heterocycles. The van der Waals surface area contributed by atoms with E-state index in [1.807, 2.05) is 25.1 Å². The second kappa shape index (κ2) is 5.58. The van der Waals surface area contributed by atoms with Crippen LogP contribution in [0.15, 0.2) is 35.4 Å². The normalized spacial score (nSPS) is 21.8. The highest BCUT2D eigenvalue weighted by Gasteiger charge is 2.41. The molecule has 2 aliphatic carbocycles. The summed E-state index contributed by atoms with van der Waals surface area (Å²) in [5, 5.41) is 7.67. The summed E-state index contributed by atoms with van der Waals surface area (Å²) in [7, 11) is 1.67. The van der Waals surface area contributed by atoms with Gasteiger partial charge in [-0.15, -0.1) is 0 Å². The molecular formula is C21H24N2O2. The number of carbonyl (C=O) groups excluding carboxylic acids is 1. The van der Waals surface area contributed by atoms with Gasteiger partial charge in [-0.3, -0.25) is 9.89 Å². The number of hydrogen-bond acceptors (Lipinski definition) is 3. The van der Waals surface area contributed by atoms with Gasteiger partial charge in [0.15, 0.2) is 5.78 Å². The lowest BCUT2D eigenvalue weighted by Crippen LogP contribution is -2.32. The molecule has 2 aromatic rings. The second-order valence-corrected chi connectivity index (χ2v) is 8.05. The van der Waals surface area contributed by atoms with E-state index in [0.717, 1.165) is 41.1 Å². The molecule has 0 bridgehead atoms. The number of H-pyrrole nitrogens is 1. The van der Waals surface area contributed by atoms with Gasteiger partial charge < -0.3 is 4.74 Å². The summed E-state index contributed by atoms with van der Waals surface area (Å²) in [4.78, 5) is 13.1. The average molecular weight is 336 g/mol. The van der Waals surface area contributed by atoms with Gasteiger partial charge in [-0.2, -0.15) is 5.10 Å². The number of aromatic nitrogens is 2. The Hall–Kier alpha value is -2.36. The van der Waals surface area contributed by atoms with Crippen molar-refractivity contribution < 1.29 is 9.53 Å². The number of nitrogens with zero attached hydrogens (tertiary/aromatic N) is 1. The second-order valence-electron chi connectivity index (χ2n) is 8.05. The first-order chi connectivity index (χ1) is 11.9. The highest BCUT2D eigenvalue weighted by atomic mass is 16.5. The third-order valence-electron chi connectivity index (χ3n) is 5.47. The van der Waals surface area contributed by atoms with E-state index in [1.54, 1.807) is 7.11 Å². The van der Waals surface area contributed by atoms with Gasteiger partial charge in [0.1, 0.15) is 5.75 Å². The Bertz CT molecular complexity index is 889. The van der Waals surface area contributed by atoms with Crippen molar-refractivity contribution in [2.45, 2.75) is 46.0 Å². The van der Waals surface area contributed by atoms with Gasteiger partial charge in [-0.05, 0) is 36.5 Å². The van der Waals surface area contributed by atoms with E-state index in [9.17, 15) is 4.79 Å². The van der Waals surface area contributed by atoms with Crippen molar-refractivity contribution >= 4 is 5.78 Å². The highest BCUT2D eigenvalue weighted by Crippen LogP contribution is 2.49. The summed E-state index contributed by atoms with van der Waals surface area (Å²) < 4.78 is 5.42. The van der Waals surface area contributed by atoms with Crippen LogP contribution in [0.1, 0.15) is 55.1 Å². The number of aromatic amines is 1. The molecule has 1 aromatic heterocycles. The maximum absolute atomic E-state index is 13.1. The Kier molecular flexibility index (Phi) is 3.60. The van der Waals surface area contributed by atoms with Crippen LogP contribution in [0, 0.1) is 12.3 Å². The summed E-state index contributed by atoms with van der Waals surface area (Å²) in [6.07, 6.45) is 2.35. The first kappa shape index (κ1) is 16.1. The number of allylic oxidation sites excluding steroid dienone is 2. The van der Waals surface area contributed by atoms with E-state index in [1.165, 1.54) is 11.1 Å². The van der Waals surface area contributed by atoms with Gasteiger partial charge in [0.2, 0.25) is 0 Å². The van der Waals surface area contributed by atoms with E-state index in [0.29, 0.717) is 6.42 Å². The van der Waals surface area contributed by atoms with Crippen molar-refractivity contribution in [1.29, 1.82) is 0 Å². The number of carbonyl (C=O) groups is 1. The number of aryl methyl sites for hydroxylation is 1. The fourth-order valence-electron chi connectivity index (χ4n) is 4.49. The largest absolute Gasteiger partial charge is 0.497 e. The molecule has 0 fully saturated rings. The van der Waals surface area contributed by atoms with Crippen molar-refractivity contribution in [3.63, 3.8) is 0 Å².